The minimum Gasteiger partial charge on any atom is -0.388 e. The Morgan fingerprint density at radius 3 is 2.79 bits per heavy atom. The molecular weight excluding hydrogens is 183 g/mol. The highest BCUT2D eigenvalue weighted by Gasteiger charge is 2.06. The summed E-state index contributed by atoms with van der Waals surface area (Å²) in [6.07, 6.45) is 1.50. The number of benzene rings is 1. The van der Waals surface area contributed by atoms with E-state index in [1.54, 1.807) is 18.2 Å². The van der Waals surface area contributed by atoms with E-state index in [1.165, 1.54) is 12.3 Å². The number of aliphatic hydroxyl groups is 1. The lowest BCUT2D eigenvalue weighted by Crippen LogP contribution is -1.86. The minimum atomic E-state index is -0.305. The van der Waals surface area contributed by atoms with Gasteiger partial charge in [0, 0.05) is 5.56 Å². The molecule has 0 aliphatic rings. The maximum Gasteiger partial charge on any atom is 0.132 e. The van der Waals surface area contributed by atoms with Gasteiger partial charge in [0.25, 0.3) is 0 Å². The van der Waals surface area contributed by atoms with Gasteiger partial charge in [-0.25, -0.2) is 9.37 Å². The van der Waals surface area contributed by atoms with Gasteiger partial charge in [-0.3, -0.25) is 0 Å². The van der Waals surface area contributed by atoms with E-state index in [-0.39, 0.29) is 12.4 Å². The SMILES string of the molecule is OCc1ncc(-c2ccccc2F)[nH]1. The number of aromatic nitrogens is 2. The van der Waals surface area contributed by atoms with Crippen LogP contribution in [-0.2, 0) is 6.61 Å². The molecule has 0 amide bonds. The number of hydrogen-bond donors (Lipinski definition) is 2. The number of nitrogens with zero attached hydrogens (tertiary/aromatic N) is 1. The Balaban J connectivity index is 2.44. The fraction of sp³-hybridized carbons (Fsp3) is 0.100. The molecule has 0 bridgehead atoms. The van der Waals surface area contributed by atoms with Gasteiger partial charge < -0.3 is 10.1 Å². The third-order valence-electron chi connectivity index (χ3n) is 1.94. The predicted octanol–water partition coefficient (Wildman–Crippen LogP) is 1.71. The molecule has 0 saturated heterocycles. The van der Waals surface area contributed by atoms with E-state index < -0.39 is 0 Å². The summed E-state index contributed by atoms with van der Waals surface area (Å²) in [5.74, 6) is 0.129. The smallest absolute Gasteiger partial charge is 0.132 e. The van der Waals surface area contributed by atoms with Crippen molar-refractivity contribution in [2.24, 2.45) is 0 Å². The molecule has 0 saturated carbocycles. The van der Waals surface area contributed by atoms with Crippen LogP contribution in [0.5, 0.6) is 0 Å². The molecule has 0 aliphatic heterocycles. The van der Waals surface area contributed by atoms with Gasteiger partial charge in [-0.05, 0) is 12.1 Å². The molecule has 0 fully saturated rings. The Morgan fingerprint density at radius 1 is 1.36 bits per heavy atom. The average Bonchev–Trinajstić information content (AvgIpc) is 2.67. The van der Waals surface area contributed by atoms with E-state index in [2.05, 4.69) is 9.97 Å². The molecule has 0 atom stereocenters. The van der Waals surface area contributed by atoms with Crippen LogP contribution in [0.25, 0.3) is 11.3 Å². The molecule has 1 aromatic heterocycles. The summed E-state index contributed by atoms with van der Waals surface area (Å²) in [5.41, 5.74) is 1.03. The lowest BCUT2D eigenvalue weighted by Gasteiger charge is -1.98. The molecule has 1 aromatic carbocycles. The van der Waals surface area contributed by atoms with Crippen LogP contribution in [0.15, 0.2) is 30.5 Å². The third kappa shape index (κ3) is 1.52. The summed E-state index contributed by atoms with van der Waals surface area (Å²) in [7, 11) is 0. The van der Waals surface area contributed by atoms with Gasteiger partial charge in [-0.15, -0.1) is 0 Å². The Kier molecular flexibility index (Phi) is 2.28. The number of halogens is 1. The number of aliphatic hydroxyl groups excluding tert-OH is 1. The second-order valence-electron chi connectivity index (χ2n) is 2.88. The topological polar surface area (TPSA) is 48.9 Å². The molecule has 2 N–H and O–H groups in total. The summed E-state index contributed by atoms with van der Waals surface area (Å²) in [5, 5.41) is 8.78. The van der Waals surface area contributed by atoms with Crippen LogP contribution in [0.3, 0.4) is 0 Å². The van der Waals surface area contributed by atoms with Crippen LogP contribution in [-0.4, -0.2) is 15.1 Å². The van der Waals surface area contributed by atoms with Gasteiger partial charge in [0.15, 0.2) is 0 Å². The fourth-order valence-corrected chi connectivity index (χ4v) is 1.26. The van der Waals surface area contributed by atoms with Crippen molar-refractivity contribution in [2.75, 3.05) is 0 Å². The van der Waals surface area contributed by atoms with Crippen molar-refractivity contribution in [3.63, 3.8) is 0 Å². The summed E-state index contributed by atoms with van der Waals surface area (Å²) >= 11 is 0. The largest absolute Gasteiger partial charge is 0.388 e. The third-order valence-corrected chi connectivity index (χ3v) is 1.94. The molecule has 0 unspecified atom stereocenters. The lowest BCUT2D eigenvalue weighted by atomic mass is 10.1. The Hall–Kier alpha value is -1.68. The van der Waals surface area contributed by atoms with Crippen LogP contribution >= 0.6 is 0 Å². The van der Waals surface area contributed by atoms with Gasteiger partial charge >= 0.3 is 0 Å². The zero-order valence-electron chi connectivity index (χ0n) is 7.37. The molecule has 0 aliphatic carbocycles. The standard InChI is InChI=1S/C10H9FN2O/c11-8-4-2-1-3-7(8)9-5-12-10(6-14)13-9/h1-5,14H,6H2,(H,12,13). The number of rotatable bonds is 2. The number of imidazole rings is 1. The number of aromatic amines is 1. The summed E-state index contributed by atoms with van der Waals surface area (Å²) in [4.78, 5) is 6.70. The highest BCUT2D eigenvalue weighted by Crippen LogP contribution is 2.19. The monoisotopic (exact) mass is 192 g/mol. The molecule has 0 spiro atoms. The molecule has 0 radical (unpaired) electrons. The Morgan fingerprint density at radius 2 is 2.14 bits per heavy atom. The van der Waals surface area contributed by atoms with Crippen LogP contribution in [0.1, 0.15) is 5.82 Å². The van der Waals surface area contributed by atoms with Crippen LogP contribution in [0.2, 0.25) is 0 Å². The first-order valence-corrected chi connectivity index (χ1v) is 4.21. The second-order valence-corrected chi connectivity index (χ2v) is 2.88. The van der Waals surface area contributed by atoms with Crippen LogP contribution in [0, 0.1) is 5.82 Å². The molecule has 14 heavy (non-hydrogen) atoms. The first kappa shape index (κ1) is 8.90. The molecule has 72 valence electrons. The maximum absolute atomic E-state index is 13.3. The molecule has 1 heterocycles. The minimum absolute atomic E-state index is 0.172. The first-order chi connectivity index (χ1) is 6.81. The van der Waals surface area contributed by atoms with Crippen molar-refractivity contribution in [1.29, 1.82) is 0 Å². The second kappa shape index (κ2) is 3.59. The van der Waals surface area contributed by atoms with E-state index in [0.29, 0.717) is 17.1 Å². The molecule has 2 aromatic rings. The average molecular weight is 192 g/mol. The summed E-state index contributed by atoms with van der Waals surface area (Å²) in [6, 6.07) is 6.42. The fourth-order valence-electron chi connectivity index (χ4n) is 1.26. The van der Waals surface area contributed by atoms with Gasteiger partial charge in [0.05, 0.1) is 11.9 Å². The highest BCUT2D eigenvalue weighted by atomic mass is 19.1. The van der Waals surface area contributed by atoms with E-state index in [0.717, 1.165) is 0 Å². The van der Waals surface area contributed by atoms with Crippen LogP contribution in [0.4, 0.5) is 4.39 Å². The number of nitrogens with one attached hydrogen (secondary N) is 1. The van der Waals surface area contributed by atoms with Gasteiger partial charge in [0.2, 0.25) is 0 Å². The lowest BCUT2D eigenvalue weighted by molar-refractivity contribution is 0.272. The molecule has 2 rings (SSSR count). The van der Waals surface area contributed by atoms with Crippen LogP contribution < -0.4 is 0 Å². The Labute approximate surface area is 80.2 Å². The maximum atomic E-state index is 13.3. The predicted molar refractivity (Wildman–Crippen MR) is 49.9 cm³/mol. The van der Waals surface area contributed by atoms with Crippen molar-refractivity contribution < 1.29 is 9.50 Å². The van der Waals surface area contributed by atoms with Gasteiger partial charge in [-0.1, -0.05) is 12.1 Å². The zero-order chi connectivity index (χ0) is 9.97. The van der Waals surface area contributed by atoms with Crippen molar-refractivity contribution in [3.8, 4) is 11.3 Å². The summed E-state index contributed by atoms with van der Waals surface area (Å²) in [6.45, 7) is -0.172. The van der Waals surface area contributed by atoms with E-state index in [9.17, 15) is 4.39 Å². The molecular formula is C10H9FN2O. The first-order valence-electron chi connectivity index (χ1n) is 4.21. The Bertz CT molecular complexity index is 439. The highest BCUT2D eigenvalue weighted by molar-refractivity contribution is 5.58. The van der Waals surface area contributed by atoms with Gasteiger partial charge in [-0.2, -0.15) is 0 Å². The number of hydrogen-bond acceptors (Lipinski definition) is 2. The normalized spacial score (nSPS) is 10.4. The van der Waals surface area contributed by atoms with Gasteiger partial charge in [0.1, 0.15) is 18.2 Å². The zero-order valence-corrected chi connectivity index (χ0v) is 7.37. The van der Waals surface area contributed by atoms with E-state index in [4.69, 9.17) is 5.11 Å². The quantitative estimate of drug-likeness (QED) is 0.760. The molecule has 4 heteroatoms. The van der Waals surface area contributed by atoms with Crippen molar-refractivity contribution in [3.05, 3.63) is 42.1 Å². The van der Waals surface area contributed by atoms with Crippen molar-refractivity contribution in [2.45, 2.75) is 6.61 Å². The van der Waals surface area contributed by atoms with Crippen molar-refractivity contribution >= 4 is 0 Å². The molecule has 3 nitrogen and oxygen atoms in total. The summed E-state index contributed by atoms with van der Waals surface area (Å²) < 4.78 is 13.3. The number of H-pyrrole nitrogens is 1. The van der Waals surface area contributed by atoms with E-state index in [1.807, 2.05) is 0 Å². The van der Waals surface area contributed by atoms with E-state index >= 15 is 0 Å². The van der Waals surface area contributed by atoms with Crippen molar-refractivity contribution in [1.82, 2.24) is 9.97 Å².